The van der Waals surface area contributed by atoms with Gasteiger partial charge in [0.25, 0.3) is 0 Å². The molecule has 1 saturated heterocycles. The van der Waals surface area contributed by atoms with Crippen LogP contribution in [0.15, 0.2) is 0 Å². The maximum Gasteiger partial charge on any atom is 0.136 e. The summed E-state index contributed by atoms with van der Waals surface area (Å²) in [5.74, 6) is 1.37. The number of ketones is 1. The third-order valence-corrected chi connectivity index (χ3v) is 2.78. The van der Waals surface area contributed by atoms with Crippen molar-refractivity contribution in [3.8, 4) is 0 Å². The van der Waals surface area contributed by atoms with Crippen molar-refractivity contribution in [1.82, 2.24) is 4.90 Å². The molecule has 0 aromatic heterocycles. The number of piperidine rings is 1. The van der Waals surface area contributed by atoms with E-state index in [2.05, 4.69) is 25.8 Å². The zero-order chi connectivity index (χ0) is 9.84. The molecule has 76 valence electrons. The number of nitrogens with zero attached hydrogens (tertiary/aromatic N) is 1. The van der Waals surface area contributed by atoms with Crippen molar-refractivity contribution < 1.29 is 4.79 Å². The highest BCUT2D eigenvalue weighted by Gasteiger charge is 2.23. The number of rotatable bonds is 3. The standard InChI is InChI=1S/C11H21NO/c1-9(2)8-11(13)10-4-6-12(3)7-5-10/h9-10H,4-8H2,1-3H3. The van der Waals surface area contributed by atoms with E-state index < -0.39 is 0 Å². The van der Waals surface area contributed by atoms with Gasteiger partial charge in [-0.05, 0) is 38.9 Å². The second kappa shape index (κ2) is 4.75. The van der Waals surface area contributed by atoms with Crippen LogP contribution in [0, 0.1) is 11.8 Å². The second-order valence-electron chi connectivity index (χ2n) is 4.64. The predicted octanol–water partition coefficient (Wildman–Crippen LogP) is 1.94. The second-order valence-corrected chi connectivity index (χ2v) is 4.64. The summed E-state index contributed by atoms with van der Waals surface area (Å²) in [4.78, 5) is 14.0. The molecular weight excluding hydrogens is 162 g/mol. The number of carbonyl (C=O) groups excluding carboxylic acids is 1. The SMILES string of the molecule is CC(C)CC(=O)C1CCN(C)CC1. The third-order valence-electron chi connectivity index (χ3n) is 2.78. The van der Waals surface area contributed by atoms with Crippen LogP contribution in [-0.2, 0) is 4.79 Å². The maximum atomic E-state index is 11.7. The number of carbonyl (C=O) groups is 1. The first-order valence-corrected chi connectivity index (χ1v) is 5.31. The van der Waals surface area contributed by atoms with Crippen molar-refractivity contribution in [3.05, 3.63) is 0 Å². The van der Waals surface area contributed by atoms with Gasteiger partial charge in [-0.1, -0.05) is 13.8 Å². The fourth-order valence-corrected chi connectivity index (χ4v) is 1.90. The molecule has 0 spiro atoms. The highest BCUT2D eigenvalue weighted by Crippen LogP contribution is 2.19. The van der Waals surface area contributed by atoms with Crippen molar-refractivity contribution in [2.24, 2.45) is 11.8 Å². The van der Waals surface area contributed by atoms with Crippen molar-refractivity contribution in [3.63, 3.8) is 0 Å². The molecular formula is C11H21NO. The minimum atomic E-state index is 0.360. The van der Waals surface area contributed by atoms with E-state index in [1.807, 2.05) is 0 Å². The molecule has 2 nitrogen and oxygen atoms in total. The first-order chi connectivity index (χ1) is 6.09. The molecule has 0 saturated carbocycles. The Morgan fingerprint density at radius 1 is 1.38 bits per heavy atom. The maximum absolute atomic E-state index is 11.7. The van der Waals surface area contributed by atoms with Crippen LogP contribution in [0.25, 0.3) is 0 Å². The lowest BCUT2D eigenvalue weighted by Gasteiger charge is -2.28. The van der Waals surface area contributed by atoms with Gasteiger partial charge in [0.05, 0.1) is 0 Å². The molecule has 1 heterocycles. The molecule has 1 aliphatic heterocycles. The van der Waals surface area contributed by atoms with E-state index in [9.17, 15) is 4.79 Å². The highest BCUT2D eigenvalue weighted by molar-refractivity contribution is 5.81. The summed E-state index contributed by atoms with van der Waals surface area (Å²) < 4.78 is 0. The largest absolute Gasteiger partial charge is 0.306 e. The third kappa shape index (κ3) is 3.47. The molecule has 0 aliphatic carbocycles. The van der Waals surface area contributed by atoms with Gasteiger partial charge in [0.1, 0.15) is 5.78 Å². The van der Waals surface area contributed by atoms with E-state index in [-0.39, 0.29) is 0 Å². The van der Waals surface area contributed by atoms with Gasteiger partial charge in [-0.3, -0.25) is 4.79 Å². The molecule has 0 N–H and O–H groups in total. The van der Waals surface area contributed by atoms with Gasteiger partial charge in [-0.2, -0.15) is 0 Å². The Bertz CT molecular complexity index is 169. The molecule has 0 amide bonds. The summed E-state index contributed by atoms with van der Waals surface area (Å²) in [6, 6.07) is 0. The molecule has 1 aliphatic rings. The summed E-state index contributed by atoms with van der Waals surface area (Å²) in [7, 11) is 2.13. The minimum absolute atomic E-state index is 0.360. The molecule has 13 heavy (non-hydrogen) atoms. The zero-order valence-corrected chi connectivity index (χ0v) is 9.05. The van der Waals surface area contributed by atoms with Crippen LogP contribution >= 0.6 is 0 Å². The highest BCUT2D eigenvalue weighted by atomic mass is 16.1. The van der Waals surface area contributed by atoms with Gasteiger partial charge in [-0.25, -0.2) is 0 Å². The topological polar surface area (TPSA) is 20.3 Å². The van der Waals surface area contributed by atoms with Gasteiger partial charge in [0.15, 0.2) is 0 Å². The van der Waals surface area contributed by atoms with E-state index in [0.717, 1.165) is 32.4 Å². The molecule has 0 aromatic rings. The molecule has 0 radical (unpaired) electrons. The lowest BCUT2D eigenvalue weighted by molar-refractivity contribution is -0.124. The van der Waals surface area contributed by atoms with E-state index in [1.165, 1.54) is 0 Å². The van der Waals surface area contributed by atoms with Crippen LogP contribution in [0.2, 0.25) is 0 Å². The van der Waals surface area contributed by atoms with Crippen LogP contribution in [-0.4, -0.2) is 30.8 Å². The summed E-state index contributed by atoms with van der Waals surface area (Å²) in [5.41, 5.74) is 0. The Morgan fingerprint density at radius 2 is 1.92 bits per heavy atom. The Labute approximate surface area is 81.3 Å². The summed E-state index contributed by atoms with van der Waals surface area (Å²) in [6.07, 6.45) is 2.92. The van der Waals surface area contributed by atoms with Gasteiger partial charge in [0, 0.05) is 12.3 Å². The summed E-state index contributed by atoms with van der Waals surface area (Å²) >= 11 is 0. The van der Waals surface area contributed by atoms with E-state index in [0.29, 0.717) is 17.6 Å². The quantitative estimate of drug-likeness (QED) is 0.666. The van der Waals surface area contributed by atoms with Crippen molar-refractivity contribution in [1.29, 1.82) is 0 Å². The number of hydrogen-bond acceptors (Lipinski definition) is 2. The fraction of sp³-hybridized carbons (Fsp3) is 0.909. The monoisotopic (exact) mass is 183 g/mol. The van der Waals surface area contributed by atoms with Crippen LogP contribution in [0.3, 0.4) is 0 Å². The lowest BCUT2D eigenvalue weighted by atomic mass is 9.88. The van der Waals surface area contributed by atoms with Gasteiger partial charge >= 0.3 is 0 Å². The summed E-state index contributed by atoms with van der Waals surface area (Å²) in [6.45, 7) is 6.42. The molecule has 0 bridgehead atoms. The van der Waals surface area contributed by atoms with Crippen LogP contribution in [0.4, 0.5) is 0 Å². The Kier molecular flexibility index (Phi) is 3.91. The molecule has 0 atom stereocenters. The smallest absolute Gasteiger partial charge is 0.136 e. The Balaban J connectivity index is 2.31. The van der Waals surface area contributed by atoms with E-state index in [4.69, 9.17) is 0 Å². The molecule has 0 aromatic carbocycles. The number of hydrogen-bond donors (Lipinski definition) is 0. The predicted molar refractivity (Wildman–Crippen MR) is 54.7 cm³/mol. The van der Waals surface area contributed by atoms with Crippen LogP contribution < -0.4 is 0 Å². The number of Topliss-reactive ketones (excluding diaryl/α,β-unsaturated/α-hetero) is 1. The Hall–Kier alpha value is -0.370. The zero-order valence-electron chi connectivity index (χ0n) is 9.05. The first kappa shape index (κ1) is 10.7. The van der Waals surface area contributed by atoms with Gasteiger partial charge in [-0.15, -0.1) is 0 Å². The summed E-state index contributed by atoms with van der Waals surface area (Å²) in [5, 5.41) is 0. The van der Waals surface area contributed by atoms with Crippen LogP contribution in [0.5, 0.6) is 0 Å². The first-order valence-electron chi connectivity index (χ1n) is 5.31. The molecule has 2 heteroatoms. The van der Waals surface area contributed by atoms with Gasteiger partial charge in [0.2, 0.25) is 0 Å². The fourth-order valence-electron chi connectivity index (χ4n) is 1.90. The molecule has 0 unspecified atom stereocenters. The van der Waals surface area contributed by atoms with Crippen LogP contribution in [0.1, 0.15) is 33.1 Å². The molecule has 1 rings (SSSR count). The minimum Gasteiger partial charge on any atom is -0.306 e. The van der Waals surface area contributed by atoms with Crippen molar-refractivity contribution in [2.75, 3.05) is 20.1 Å². The molecule has 1 fully saturated rings. The lowest BCUT2D eigenvalue weighted by Crippen LogP contribution is -2.33. The van der Waals surface area contributed by atoms with Crippen molar-refractivity contribution in [2.45, 2.75) is 33.1 Å². The van der Waals surface area contributed by atoms with E-state index in [1.54, 1.807) is 0 Å². The Morgan fingerprint density at radius 3 is 2.38 bits per heavy atom. The average molecular weight is 183 g/mol. The average Bonchev–Trinajstić information content (AvgIpc) is 2.04. The van der Waals surface area contributed by atoms with Crippen molar-refractivity contribution >= 4 is 5.78 Å². The normalized spacial score (nSPS) is 20.9. The number of likely N-dealkylation sites (tertiary alicyclic amines) is 1. The van der Waals surface area contributed by atoms with Gasteiger partial charge < -0.3 is 4.90 Å². The van der Waals surface area contributed by atoms with E-state index >= 15 is 0 Å².